The van der Waals surface area contributed by atoms with E-state index in [1.54, 1.807) is 0 Å². The zero-order chi connectivity index (χ0) is 17.9. The van der Waals surface area contributed by atoms with Gasteiger partial charge in [0.15, 0.2) is 0 Å². The Morgan fingerprint density at radius 3 is 1.83 bits per heavy atom. The molecule has 0 atom stereocenters. The largest absolute Gasteiger partial charge is 0.336 e. The lowest BCUT2D eigenvalue weighted by Crippen LogP contribution is -2.54. The van der Waals surface area contributed by atoms with Crippen molar-refractivity contribution >= 4 is 9.52 Å². The first-order valence-electron chi connectivity index (χ1n) is 8.45. The van der Waals surface area contributed by atoms with Crippen LogP contribution >= 0.6 is 0 Å². The lowest BCUT2D eigenvalue weighted by Gasteiger charge is -2.11. The highest BCUT2D eigenvalue weighted by molar-refractivity contribution is 6.33. The van der Waals surface area contributed by atoms with Crippen LogP contribution in [0.1, 0.15) is 39.0 Å². The Kier molecular flexibility index (Phi) is 9.07. The molecule has 0 aliphatic carbocycles. The first-order chi connectivity index (χ1) is 11.6. The quantitative estimate of drug-likeness (QED) is 0.327. The number of nitrogens with zero attached hydrogens (tertiary/aromatic N) is 3. The van der Waals surface area contributed by atoms with E-state index in [1.165, 1.54) is 42.4 Å². The van der Waals surface area contributed by atoms with E-state index < -0.39 is 17.1 Å². The van der Waals surface area contributed by atoms with Gasteiger partial charge in [0.05, 0.1) is 22.6 Å². The van der Waals surface area contributed by atoms with Crippen molar-refractivity contribution in [1.82, 2.24) is 13.7 Å². The van der Waals surface area contributed by atoms with Crippen molar-refractivity contribution in [3.05, 3.63) is 56.8 Å². The van der Waals surface area contributed by atoms with Crippen molar-refractivity contribution in [3.63, 3.8) is 0 Å². The molecule has 132 valence electrons. The van der Waals surface area contributed by atoms with Gasteiger partial charge in [0.25, 0.3) is 0 Å². The fourth-order valence-corrected chi connectivity index (χ4v) is 3.59. The molecule has 2 radical (unpaired) electrons. The molecular formula is C17H27N3O3Si. The van der Waals surface area contributed by atoms with Crippen molar-refractivity contribution in [3.8, 4) is 0 Å². The Hall–Kier alpha value is -1.89. The maximum Gasteiger partial charge on any atom is 0.336 e. The van der Waals surface area contributed by atoms with E-state index in [1.807, 2.05) is 0 Å². The predicted octanol–water partition coefficient (Wildman–Crippen LogP) is 1.59. The smallest absolute Gasteiger partial charge is 0.248 e. The van der Waals surface area contributed by atoms with E-state index in [4.69, 9.17) is 0 Å². The van der Waals surface area contributed by atoms with Crippen LogP contribution in [0.3, 0.4) is 0 Å². The standard InChI is InChI=1S/C17H27N3O3Si/c1-4-7-8-9-10-13-24-14-20-16(22)18(11-5-2)15(21)19(12-6-3)17(20)23/h5-6H,2-4,7-14H2,1H3. The van der Waals surface area contributed by atoms with Gasteiger partial charge in [0.1, 0.15) is 0 Å². The molecule has 0 fully saturated rings. The second-order valence-corrected chi connectivity index (χ2v) is 6.96. The Bertz CT molecular complexity index is 667. The van der Waals surface area contributed by atoms with Crippen LogP contribution in [0.15, 0.2) is 39.7 Å². The number of hydrogen-bond donors (Lipinski definition) is 0. The number of aromatic nitrogens is 3. The number of unbranched alkanes of at least 4 members (excludes halogenated alkanes) is 4. The lowest BCUT2D eigenvalue weighted by atomic mass is 10.2. The molecule has 0 saturated heterocycles. The van der Waals surface area contributed by atoms with Gasteiger partial charge in [-0.25, -0.2) is 28.1 Å². The third kappa shape index (κ3) is 5.33. The van der Waals surface area contributed by atoms with Crippen LogP contribution in [0.2, 0.25) is 6.04 Å². The van der Waals surface area contributed by atoms with E-state index in [0.29, 0.717) is 15.7 Å². The van der Waals surface area contributed by atoms with Gasteiger partial charge in [-0.15, -0.1) is 13.2 Å². The summed E-state index contributed by atoms with van der Waals surface area (Å²) in [5.41, 5.74) is -1.71. The second-order valence-electron chi connectivity index (χ2n) is 5.65. The van der Waals surface area contributed by atoms with Gasteiger partial charge < -0.3 is 0 Å². The Balaban J connectivity index is 2.91. The van der Waals surface area contributed by atoms with Gasteiger partial charge in [0, 0.05) is 6.17 Å². The van der Waals surface area contributed by atoms with Crippen molar-refractivity contribution in [2.24, 2.45) is 0 Å². The van der Waals surface area contributed by atoms with Gasteiger partial charge in [-0.3, -0.25) is 0 Å². The van der Waals surface area contributed by atoms with Crippen LogP contribution in [0.5, 0.6) is 0 Å². The third-order valence-electron chi connectivity index (χ3n) is 3.74. The Morgan fingerprint density at radius 2 is 1.33 bits per heavy atom. The molecule has 0 N–H and O–H groups in total. The summed E-state index contributed by atoms with van der Waals surface area (Å²) in [4.78, 5) is 37.0. The van der Waals surface area contributed by atoms with E-state index in [0.717, 1.165) is 21.6 Å². The fourth-order valence-electron chi connectivity index (χ4n) is 2.43. The van der Waals surface area contributed by atoms with Crippen molar-refractivity contribution < 1.29 is 0 Å². The highest BCUT2D eigenvalue weighted by atomic mass is 28.2. The summed E-state index contributed by atoms with van der Waals surface area (Å²) in [6.45, 7) is 9.49. The van der Waals surface area contributed by atoms with E-state index in [9.17, 15) is 14.4 Å². The summed E-state index contributed by atoms with van der Waals surface area (Å²) in [5.74, 6) is 0. The summed E-state index contributed by atoms with van der Waals surface area (Å²) >= 11 is 0. The number of rotatable bonds is 12. The maximum atomic E-state index is 12.4. The summed E-state index contributed by atoms with van der Waals surface area (Å²) in [5, 5.41) is 0. The van der Waals surface area contributed by atoms with Gasteiger partial charge >= 0.3 is 17.1 Å². The number of allylic oxidation sites excluding steroid dienone is 2. The van der Waals surface area contributed by atoms with Crippen LogP contribution in [0, 0.1) is 0 Å². The SMILES string of the molecule is C=CCn1c(=O)n(CC=C)c(=O)n(C[Si]CCCCCCC)c1=O. The first-order valence-corrected chi connectivity index (χ1v) is 9.86. The highest BCUT2D eigenvalue weighted by Gasteiger charge is 2.13. The average molecular weight is 350 g/mol. The van der Waals surface area contributed by atoms with Gasteiger partial charge in [0.2, 0.25) is 0 Å². The number of hydrogen-bond acceptors (Lipinski definition) is 3. The second kappa shape index (κ2) is 10.8. The zero-order valence-corrected chi connectivity index (χ0v) is 15.5. The first kappa shape index (κ1) is 20.2. The Morgan fingerprint density at radius 1 is 0.833 bits per heavy atom. The van der Waals surface area contributed by atoms with Crippen LogP contribution in [0.4, 0.5) is 0 Å². The molecule has 7 heteroatoms. The molecule has 0 amide bonds. The molecule has 24 heavy (non-hydrogen) atoms. The topological polar surface area (TPSA) is 66.0 Å². The van der Waals surface area contributed by atoms with Crippen LogP contribution < -0.4 is 17.1 Å². The van der Waals surface area contributed by atoms with Gasteiger partial charge in [-0.1, -0.05) is 57.2 Å². The molecule has 0 aliphatic heterocycles. The van der Waals surface area contributed by atoms with E-state index in [2.05, 4.69) is 20.1 Å². The minimum Gasteiger partial charge on any atom is -0.248 e. The lowest BCUT2D eigenvalue weighted by molar-refractivity contribution is 0.509. The van der Waals surface area contributed by atoms with E-state index in [-0.39, 0.29) is 13.1 Å². The summed E-state index contributed by atoms with van der Waals surface area (Å²) < 4.78 is 3.26. The normalized spacial score (nSPS) is 10.7. The molecule has 0 aliphatic rings. The molecular weight excluding hydrogens is 322 g/mol. The third-order valence-corrected chi connectivity index (χ3v) is 4.98. The summed E-state index contributed by atoms with van der Waals surface area (Å²) in [6.07, 6.45) is 9.31. The average Bonchev–Trinajstić information content (AvgIpc) is 2.57. The van der Waals surface area contributed by atoms with Crippen LogP contribution in [0.25, 0.3) is 0 Å². The van der Waals surface area contributed by atoms with Crippen LogP contribution in [-0.4, -0.2) is 23.2 Å². The molecule has 0 bridgehead atoms. The summed E-state index contributed by atoms with van der Waals surface area (Å²) in [6, 6.07) is 0.998. The molecule has 0 saturated carbocycles. The predicted molar refractivity (Wildman–Crippen MR) is 98.9 cm³/mol. The molecule has 1 rings (SSSR count). The highest BCUT2D eigenvalue weighted by Crippen LogP contribution is 2.04. The summed E-state index contributed by atoms with van der Waals surface area (Å²) in [7, 11) is 0.491. The molecule has 0 unspecified atom stereocenters. The minimum absolute atomic E-state index is 0.0925. The molecule has 1 aromatic heterocycles. The maximum absolute atomic E-state index is 12.4. The zero-order valence-electron chi connectivity index (χ0n) is 14.5. The van der Waals surface area contributed by atoms with Gasteiger partial charge in [-0.05, 0) is 0 Å². The van der Waals surface area contributed by atoms with Gasteiger partial charge in [-0.2, -0.15) is 0 Å². The Labute approximate surface area is 145 Å². The molecule has 0 spiro atoms. The molecule has 1 heterocycles. The van der Waals surface area contributed by atoms with Crippen LogP contribution in [-0.2, 0) is 19.3 Å². The molecule has 1 aromatic rings. The molecule has 6 nitrogen and oxygen atoms in total. The monoisotopic (exact) mass is 349 g/mol. The van der Waals surface area contributed by atoms with Crippen molar-refractivity contribution in [1.29, 1.82) is 0 Å². The molecule has 0 aromatic carbocycles. The van der Waals surface area contributed by atoms with Crippen molar-refractivity contribution in [2.45, 2.75) is 64.3 Å². The van der Waals surface area contributed by atoms with E-state index >= 15 is 0 Å². The van der Waals surface area contributed by atoms with Crippen molar-refractivity contribution in [2.75, 3.05) is 0 Å². The fraction of sp³-hybridized carbons (Fsp3) is 0.588. The minimum atomic E-state index is -0.607.